The van der Waals surface area contributed by atoms with Crippen molar-refractivity contribution in [3.05, 3.63) is 70.6 Å². The number of nitrogens with zero attached hydrogens (tertiary/aromatic N) is 4. The topological polar surface area (TPSA) is 173 Å². The molecule has 2 aromatic heterocycles. The molecule has 1 atom stereocenters. The minimum Gasteiger partial charge on any atom is -0.495 e. The molecule has 13 nitrogen and oxygen atoms in total. The predicted octanol–water partition coefficient (Wildman–Crippen LogP) is 5.97. The summed E-state index contributed by atoms with van der Waals surface area (Å²) in [6.07, 6.45) is -0.922. The first-order valence-corrected chi connectivity index (χ1v) is 16.2. The summed E-state index contributed by atoms with van der Waals surface area (Å²) < 4.78 is 66.4. The van der Waals surface area contributed by atoms with Gasteiger partial charge in [-0.25, -0.2) is 4.98 Å². The molecule has 4 rings (SSSR count). The summed E-state index contributed by atoms with van der Waals surface area (Å²) in [6, 6.07) is 7.41. The van der Waals surface area contributed by atoms with Gasteiger partial charge in [-0.15, -0.1) is 0 Å². The van der Waals surface area contributed by atoms with E-state index >= 15 is 0 Å². The Hall–Kier alpha value is -4.21. The van der Waals surface area contributed by atoms with Gasteiger partial charge in [0.15, 0.2) is 0 Å². The number of carbonyl (C=O) groups excluding carboxylic acids is 1. The maximum atomic E-state index is 14.1. The van der Waals surface area contributed by atoms with Gasteiger partial charge in [-0.1, -0.05) is 23.7 Å². The maximum Gasteiger partial charge on any atom is 0.421 e. The van der Waals surface area contributed by atoms with Gasteiger partial charge >= 0.3 is 13.8 Å². The van der Waals surface area contributed by atoms with Crippen molar-refractivity contribution in [3.63, 3.8) is 0 Å². The lowest BCUT2D eigenvalue weighted by atomic mass is 10.0. The summed E-state index contributed by atoms with van der Waals surface area (Å²) in [6.45, 7) is 2.05. The fraction of sp³-hybridized carbons (Fsp3) is 0.310. The first-order chi connectivity index (χ1) is 22.3. The third-order valence-electron chi connectivity index (χ3n) is 6.66. The van der Waals surface area contributed by atoms with Gasteiger partial charge in [0.25, 0.3) is 5.91 Å². The molecule has 0 aliphatic rings. The summed E-state index contributed by atoms with van der Waals surface area (Å²) in [5, 5.41) is 21.1. The van der Waals surface area contributed by atoms with E-state index in [1.54, 1.807) is 17.8 Å². The van der Waals surface area contributed by atoms with Crippen LogP contribution in [0.5, 0.6) is 5.75 Å². The van der Waals surface area contributed by atoms with Crippen LogP contribution in [0.1, 0.15) is 34.8 Å². The monoisotopic (exact) mass is 697 g/mol. The number of rotatable bonds is 14. The predicted molar refractivity (Wildman–Crippen MR) is 170 cm³/mol. The Balaban J connectivity index is 1.71. The number of benzene rings is 2. The molecule has 0 radical (unpaired) electrons. The minimum absolute atomic E-state index is 0.0269. The van der Waals surface area contributed by atoms with E-state index in [1.807, 2.05) is 0 Å². The molecule has 0 fully saturated rings. The van der Waals surface area contributed by atoms with E-state index in [4.69, 9.17) is 26.0 Å². The molecule has 2 aromatic carbocycles. The summed E-state index contributed by atoms with van der Waals surface area (Å²) in [5.74, 6) is -1.40. The second kappa shape index (κ2) is 15.1. The molecule has 4 aromatic rings. The zero-order valence-corrected chi connectivity index (χ0v) is 27.1. The lowest BCUT2D eigenvalue weighted by Gasteiger charge is -2.19. The number of alkyl halides is 3. The molecule has 0 aliphatic carbocycles. The number of aryl methyl sites for hydroxylation is 1. The van der Waals surface area contributed by atoms with E-state index in [-0.39, 0.29) is 53.0 Å². The number of hydrogen-bond acceptors (Lipinski definition) is 10. The van der Waals surface area contributed by atoms with Crippen LogP contribution in [0.2, 0.25) is 5.02 Å². The average molecular weight is 698 g/mol. The van der Waals surface area contributed by atoms with Gasteiger partial charge in [-0.2, -0.15) is 23.3 Å². The van der Waals surface area contributed by atoms with E-state index in [1.165, 1.54) is 50.7 Å². The van der Waals surface area contributed by atoms with Crippen LogP contribution in [0, 0.1) is 0 Å². The number of amides is 1. The van der Waals surface area contributed by atoms with Crippen LogP contribution < -0.4 is 20.7 Å². The molecular weight excluding hydrogens is 666 g/mol. The molecule has 2 heterocycles. The van der Waals surface area contributed by atoms with E-state index < -0.39 is 31.1 Å². The largest absolute Gasteiger partial charge is 0.495 e. The average Bonchev–Trinajstić information content (AvgIpc) is 3.48. The SMILES string of the molecule is CCOP(=O)(O)Cc1ccc(Nc2ncc(C(F)(F)F)c(Nc3ccc(-c4cnn(CCCO)c4)c(Cl)c3C(=O)NC)n2)c(OC)c1. The van der Waals surface area contributed by atoms with Gasteiger partial charge < -0.3 is 35.2 Å². The van der Waals surface area contributed by atoms with Crippen molar-refractivity contribution in [1.82, 2.24) is 25.1 Å². The van der Waals surface area contributed by atoms with Crippen molar-refractivity contribution in [2.75, 3.05) is 38.0 Å². The zero-order chi connectivity index (χ0) is 34.4. The molecule has 18 heteroatoms. The second-order valence-electron chi connectivity index (χ2n) is 9.95. The number of nitrogens with one attached hydrogen (secondary N) is 3. The third-order valence-corrected chi connectivity index (χ3v) is 8.48. The Morgan fingerprint density at radius 2 is 1.89 bits per heavy atom. The van der Waals surface area contributed by atoms with Crippen molar-refractivity contribution in [3.8, 4) is 16.9 Å². The van der Waals surface area contributed by atoms with Crippen LogP contribution in [0.15, 0.2) is 48.9 Å². The highest BCUT2D eigenvalue weighted by molar-refractivity contribution is 7.51. The quantitative estimate of drug-likeness (QED) is 0.0983. The molecular formula is C29H32ClF3N7O6P. The lowest BCUT2D eigenvalue weighted by Crippen LogP contribution is -2.21. The Morgan fingerprint density at radius 3 is 2.55 bits per heavy atom. The van der Waals surface area contributed by atoms with Gasteiger partial charge in [0, 0.05) is 43.7 Å². The maximum absolute atomic E-state index is 14.1. The molecule has 252 valence electrons. The molecule has 1 unspecified atom stereocenters. The number of methoxy groups -OCH3 is 1. The Morgan fingerprint density at radius 1 is 1.15 bits per heavy atom. The molecule has 5 N–H and O–H groups in total. The summed E-state index contributed by atoms with van der Waals surface area (Å²) in [4.78, 5) is 30.8. The molecule has 0 bridgehead atoms. The fourth-order valence-electron chi connectivity index (χ4n) is 4.52. The highest BCUT2D eigenvalue weighted by Crippen LogP contribution is 2.46. The number of ether oxygens (including phenoxy) is 1. The Kier molecular flexibility index (Phi) is 11.5. The van der Waals surface area contributed by atoms with E-state index in [9.17, 15) is 27.4 Å². The minimum atomic E-state index is -4.88. The van der Waals surface area contributed by atoms with Crippen molar-refractivity contribution < 1.29 is 41.8 Å². The Bertz CT molecular complexity index is 1790. The molecule has 0 saturated carbocycles. The van der Waals surface area contributed by atoms with Crippen LogP contribution in [-0.4, -0.2) is 63.0 Å². The van der Waals surface area contributed by atoms with Crippen molar-refractivity contribution >= 4 is 48.2 Å². The number of aliphatic hydroxyl groups excluding tert-OH is 1. The summed E-state index contributed by atoms with van der Waals surface area (Å²) in [5.41, 5.74) is 0.210. The van der Waals surface area contributed by atoms with E-state index in [0.29, 0.717) is 35.9 Å². The fourth-order valence-corrected chi connectivity index (χ4v) is 6.03. The van der Waals surface area contributed by atoms with Crippen LogP contribution in [0.3, 0.4) is 0 Å². The highest BCUT2D eigenvalue weighted by Gasteiger charge is 2.36. The molecule has 0 aliphatic heterocycles. The van der Waals surface area contributed by atoms with Crippen LogP contribution in [-0.2, 0) is 28.0 Å². The highest BCUT2D eigenvalue weighted by atomic mass is 35.5. The number of carbonyl (C=O) groups is 1. The molecule has 1 amide bonds. The van der Waals surface area contributed by atoms with Crippen molar-refractivity contribution in [1.29, 1.82) is 0 Å². The van der Waals surface area contributed by atoms with Gasteiger partial charge in [0.2, 0.25) is 5.95 Å². The molecule has 47 heavy (non-hydrogen) atoms. The van der Waals surface area contributed by atoms with Gasteiger partial charge in [-0.3, -0.25) is 14.0 Å². The third kappa shape index (κ3) is 8.78. The van der Waals surface area contributed by atoms with Gasteiger partial charge in [0.1, 0.15) is 17.1 Å². The smallest absolute Gasteiger partial charge is 0.421 e. The van der Waals surface area contributed by atoms with Crippen molar-refractivity contribution in [2.24, 2.45) is 0 Å². The lowest BCUT2D eigenvalue weighted by molar-refractivity contribution is -0.137. The van der Waals surface area contributed by atoms with E-state index in [2.05, 4.69) is 31.0 Å². The number of halogens is 4. The normalized spacial score (nSPS) is 12.8. The van der Waals surface area contributed by atoms with Gasteiger partial charge in [0.05, 0.1) is 48.0 Å². The number of aromatic nitrogens is 4. The van der Waals surface area contributed by atoms with E-state index in [0.717, 1.165) is 0 Å². The summed E-state index contributed by atoms with van der Waals surface area (Å²) >= 11 is 6.67. The second-order valence-corrected chi connectivity index (χ2v) is 12.2. The first-order valence-electron chi connectivity index (χ1n) is 14.1. The zero-order valence-electron chi connectivity index (χ0n) is 25.4. The number of aliphatic hydroxyl groups is 1. The molecule has 0 saturated heterocycles. The first kappa shape index (κ1) is 35.6. The van der Waals surface area contributed by atoms with Gasteiger partial charge in [-0.05, 0) is 37.1 Å². The van der Waals surface area contributed by atoms with Crippen molar-refractivity contribution in [2.45, 2.75) is 32.2 Å². The van der Waals surface area contributed by atoms with Crippen LogP contribution in [0.25, 0.3) is 11.1 Å². The van der Waals surface area contributed by atoms with Crippen LogP contribution >= 0.6 is 19.2 Å². The number of hydrogen-bond donors (Lipinski definition) is 5. The number of anilines is 4. The standard InChI is InChI=1S/C29H32ClF3N7O6P/c1-4-46-47(43,44)16-17-6-8-21(23(12-17)45-3)38-28-35-14-20(29(31,32)33)26(39-28)37-22-9-7-19(25(30)24(22)27(42)34-2)18-13-36-40(15-18)10-5-11-41/h6-9,12-15,41H,4-5,10-11,16H2,1-3H3,(H,34,42)(H,43,44)(H2,35,37,38,39). The molecule has 0 spiro atoms. The summed E-state index contributed by atoms with van der Waals surface area (Å²) in [7, 11) is -1.20. The Labute approximate surface area is 272 Å². The van der Waals surface area contributed by atoms with Crippen LogP contribution in [0.4, 0.5) is 36.3 Å².